The highest BCUT2D eigenvalue weighted by Gasteiger charge is 2.15. The zero-order chi connectivity index (χ0) is 28.4. The Hall–Kier alpha value is -3.86. The lowest BCUT2D eigenvalue weighted by molar-refractivity contribution is -0.140. The van der Waals surface area contributed by atoms with Gasteiger partial charge in [-0.3, -0.25) is 4.79 Å². The molecule has 5 heteroatoms. The largest absolute Gasteiger partial charge is 0.493 e. The second kappa shape index (κ2) is 17.7. The molecular weight excluding hydrogens is 500 g/mol. The van der Waals surface area contributed by atoms with Gasteiger partial charge in [-0.2, -0.15) is 0 Å². The molecule has 0 spiro atoms. The third-order valence-electron chi connectivity index (χ3n) is 7.02. The first-order chi connectivity index (χ1) is 19.6. The molecule has 0 aliphatic heterocycles. The van der Waals surface area contributed by atoms with Gasteiger partial charge in [-0.1, -0.05) is 85.3 Å². The van der Waals surface area contributed by atoms with Crippen molar-refractivity contribution < 1.29 is 23.8 Å². The zero-order valence-corrected chi connectivity index (χ0v) is 23.8. The van der Waals surface area contributed by atoms with Crippen LogP contribution >= 0.6 is 0 Å². The Morgan fingerprint density at radius 1 is 0.775 bits per heavy atom. The molecule has 0 aromatic heterocycles. The molecule has 0 saturated heterocycles. The molecule has 0 aliphatic carbocycles. The number of carbonyl (C=O) groups is 2. The Balaban J connectivity index is 1.61. The summed E-state index contributed by atoms with van der Waals surface area (Å²) in [6.07, 6.45) is 12.3. The summed E-state index contributed by atoms with van der Waals surface area (Å²) in [4.78, 5) is 23.9. The van der Waals surface area contributed by atoms with Gasteiger partial charge in [-0.25, -0.2) is 4.79 Å². The van der Waals surface area contributed by atoms with Crippen molar-refractivity contribution in [3.63, 3.8) is 0 Å². The molecular formula is C35H42O5. The van der Waals surface area contributed by atoms with Crippen molar-refractivity contribution in [3.05, 3.63) is 107 Å². The Morgan fingerprint density at radius 3 is 2.33 bits per heavy atom. The number of aryl methyl sites for hydroxylation is 1. The number of benzene rings is 3. The molecule has 3 aromatic rings. The van der Waals surface area contributed by atoms with Gasteiger partial charge in [0.15, 0.2) is 0 Å². The van der Waals surface area contributed by atoms with E-state index in [1.807, 2.05) is 42.5 Å². The third-order valence-corrected chi connectivity index (χ3v) is 7.02. The van der Waals surface area contributed by atoms with Crippen LogP contribution in [0.15, 0.2) is 84.9 Å². The Labute approximate surface area is 239 Å². The van der Waals surface area contributed by atoms with Gasteiger partial charge in [0.2, 0.25) is 0 Å². The van der Waals surface area contributed by atoms with E-state index in [2.05, 4.69) is 48.6 Å². The molecule has 5 nitrogen and oxygen atoms in total. The van der Waals surface area contributed by atoms with Crippen LogP contribution in [0.2, 0.25) is 0 Å². The van der Waals surface area contributed by atoms with E-state index in [1.165, 1.54) is 19.8 Å². The van der Waals surface area contributed by atoms with Gasteiger partial charge in [0.25, 0.3) is 0 Å². The van der Waals surface area contributed by atoms with Gasteiger partial charge < -0.3 is 14.2 Å². The first kappa shape index (κ1) is 30.7. The van der Waals surface area contributed by atoms with Crippen LogP contribution < -0.4 is 4.74 Å². The van der Waals surface area contributed by atoms with Crippen LogP contribution in [-0.4, -0.2) is 32.8 Å². The lowest BCUT2D eigenvalue weighted by Gasteiger charge is -2.16. The van der Waals surface area contributed by atoms with E-state index in [9.17, 15) is 9.59 Å². The van der Waals surface area contributed by atoms with Crippen LogP contribution in [0.4, 0.5) is 0 Å². The number of ether oxygens (including phenoxy) is 3. The third kappa shape index (κ3) is 10.7. The average Bonchev–Trinajstić information content (AvgIpc) is 3.00. The molecule has 1 atom stereocenters. The first-order valence-electron chi connectivity index (χ1n) is 14.3. The summed E-state index contributed by atoms with van der Waals surface area (Å²) in [5.41, 5.74) is 3.96. The van der Waals surface area contributed by atoms with E-state index in [1.54, 1.807) is 0 Å². The minimum atomic E-state index is -0.327. The monoisotopic (exact) mass is 542 g/mol. The summed E-state index contributed by atoms with van der Waals surface area (Å²) in [5, 5.41) is 0. The number of methoxy groups -OCH3 is 2. The quantitative estimate of drug-likeness (QED) is 0.128. The summed E-state index contributed by atoms with van der Waals surface area (Å²) < 4.78 is 16.0. The van der Waals surface area contributed by atoms with Gasteiger partial charge in [-0.05, 0) is 74.1 Å². The molecule has 0 heterocycles. The van der Waals surface area contributed by atoms with Crippen LogP contribution in [0.25, 0.3) is 6.08 Å². The average molecular weight is 543 g/mol. The number of allylic oxidation sites excluding steroid dienone is 1. The summed E-state index contributed by atoms with van der Waals surface area (Å²) in [6.45, 7) is 0.684. The molecule has 212 valence electrons. The smallest absolute Gasteiger partial charge is 0.338 e. The zero-order valence-electron chi connectivity index (χ0n) is 23.8. The lowest BCUT2D eigenvalue weighted by atomic mass is 9.90. The number of para-hydroxylation sites is 1. The van der Waals surface area contributed by atoms with Crippen molar-refractivity contribution in [3.8, 4) is 5.75 Å². The van der Waals surface area contributed by atoms with Crippen molar-refractivity contribution in [2.75, 3.05) is 20.8 Å². The van der Waals surface area contributed by atoms with Crippen LogP contribution in [0, 0.1) is 5.92 Å². The number of hydrogen-bond donors (Lipinski definition) is 0. The molecule has 3 rings (SSSR count). The predicted octanol–water partition coefficient (Wildman–Crippen LogP) is 7.87. The molecule has 0 N–H and O–H groups in total. The fourth-order valence-corrected chi connectivity index (χ4v) is 4.76. The van der Waals surface area contributed by atoms with Gasteiger partial charge in [0.05, 0.1) is 26.4 Å². The lowest BCUT2D eigenvalue weighted by Crippen LogP contribution is -2.10. The summed E-state index contributed by atoms with van der Waals surface area (Å²) in [7, 11) is 2.82. The highest BCUT2D eigenvalue weighted by atomic mass is 16.5. The van der Waals surface area contributed by atoms with Crippen molar-refractivity contribution in [1.29, 1.82) is 0 Å². The van der Waals surface area contributed by atoms with Gasteiger partial charge in [0, 0.05) is 12.0 Å². The van der Waals surface area contributed by atoms with Crippen molar-refractivity contribution in [2.24, 2.45) is 5.92 Å². The maximum absolute atomic E-state index is 12.3. The van der Waals surface area contributed by atoms with Crippen LogP contribution in [0.3, 0.4) is 0 Å². The van der Waals surface area contributed by atoms with E-state index in [0.29, 0.717) is 25.0 Å². The van der Waals surface area contributed by atoms with Crippen molar-refractivity contribution in [2.45, 2.75) is 57.8 Å². The molecule has 0 saturated carbocycles. The minimum absolute atomic E-state index is 0.175. The van der Waals surface area contributed by atoms with Gasteiger partial charge in [0.1, 0.15) is 5.75 Å². The fraction of sp³-hybridized carbons (Fsp3) is 0.371. The van der Waals surface area contributed by atoms with E-state index in [4.69, 9.17) is 14.2 Å². The number of carbonyl (C=O) groups excluding carboxylic acids is 2. The number of rotatable bonds is 17. The highest BCUT2D eigenvalue weighted by Crippen LogP contribution is 2.25. The van der Waals surface area contributed by atoms with Crippen LogP contribution in [-0.2, 0) is 27.1 Å². The maximum Gasteiger partial charge on any atom is 0.338 e. The van der Waals surface area contributed by atoms with Crippen LogP contribution in [0.1, 0.15) is 72.0 Å². The summed E-state index contributed by atoms with van der Waals surface area (Å²) >= 11 is 0. The molecule has 0 amide bonds. The number of hydrogen-bond acceptors (Lipinski definition) is 5. The molecule has 0 aliphatic rings. The van der Waals surface area contributed by atoms with Crippen molar-refractivity contribution >= 4 is 18.0 Å². The molecule has 40 heavy (non-hydrogen) atoms. The maximum atomic E-state index is 12.3. The number of esters is 2. The first-order valence-corrected chi connectivity index (χ1v) is 14.3. The second-order valence-corrected chi connectivity index (χ2v) is 9.98. The topological polar surface area (TPSA) is 61.8 Å². The standard InChI is InChI=1S/C35H42O5/c1-38-34(36)23-13-8-18-29(27-31-20-9-11-21-32(31)35(37)39-2)24-25-30-19-10-12-22-33(30)40-26-14-4-7-17-28-15-5-3-6-16-28/h3,5-6,9-12,15-16,19-22,24-25,29H,4,7-8,13-14,17-18,23,26-27H2,1-2H3. The minimum Gasteiger partial charge on any atom is -0.493 e. The van der Waals surface area contributed by atoms with Crippen molar-refractivity contribution in [1.82, 2.24) is 0 Å². The highest BCUT2D eigenvalue weighted by molar-refractivity contribution is 5.91. The molecule has 1 unspecified atom stereocenters. The van der Waals surface area contributed by atoms with Gasteiger partial charge >= 0.3 is 11.9 Å². The summed E-state index contributed by atoms with van der Waals surface area (Å²) in [5.74, 6) is 0.538. The van der Waals surface area contributed by atoms with Gasteiger partial charge in [-0.15, -0.1) is 0 Å². The van der Waals surface area contributed by atoms with E-state index in [-0.39, 0.29) is 17.9 Å². The Kier molecular flexibility index (Phi) is 13.6. The molecule has 0 radical (unpaired) electrons. The predicted molar refractivity (Wildman–Crippen MR) is 160 cm³/mol. The van der Waals surface area contributed by atoms with E-state index >= 15 is 0 Å². The van der Waals surface area contributed by atoms with E-state index < -0.39 is 0 Å². The Morgan fingerprint density at radius 2 is 1.52 bits per heavy atom. The molecule has 0 fully saturated rings. The molecule has 3 aromatic carbocycles. The molecule has 0 bridgehead atoms. The Bertz CT molecular complexity index is 1200. The van der Waals surface area contributed by atoms with E-state index in [0.717, 1.165) is 61.8 Å². The normalized spacial score (nSPS) is 11.8. The SMILES string of the molecule is COC(=O)CCCCC(C=Cc1ccccc1OCCCCCc1ccccc1)Cc1ccccc1C(=O)OC. The number of unbranched alkanes of at least 4 members (excludes halogenated alkanes) is 3. The second-order valence-electron chi connectivity index (χ2n) is 9.98. The fourth-order valence-electron chi connectivity index (χ4n) is 4.76. The summed E-state index contributed by atoms with van der Waals surface area (Å²) in [6, 6.07) is 26.3. The van der Waals surface area contributed by atoms with Crippen LogP contribution in [0.5, 0.6) is 5.75 Å².